The summed E-state index contributed by atoms with van der Waals surface area (Å²) < 4.78 is 1.03. The number of quaternary nitrogens is 1. The summed E-state index contributed by atoms with van der Waals surface area (Å²) in [5.74, 6) is 0. The van der Waals surface area contributed by atoms with Gasteiger partial charge in [-0.15, -0.1) is 0 Å². The fourth-order valence-electron chi connectivity index (χ4n) is 1.80. The van der Waals surface area contributed by atoms with Crippen LogP contribution in [0.3, 0.4) is 0 Å². The van der Waals surface area contributed by atoms with Crippen LogP contribution in [-0.2, 0) is 0 Å². The Morgan fingerprint density at radius 3 is 2.18 bits per heavy atom. The number of rotatable bonds is 2. The molecule has 1 aliphatic carbocycles. The van der Waals surface area contributed by atoms with E-state index in [0.29, 0.717) is 8.08 Å². The van der Waals surface area contributed by atoms with Gasteiger partial charge in [-0.2, -0.15) is 0 Å². The van der Waals surface area contributed by atoms with Crippen molar-refractivity contribution in [3.05, 3.63) is 0 Å². The van der Waals surface area contributed by atoms with Gasteiger partial charge in [-0.05, 0) is 36.9 Å². The quantitative estimate of drug-likeness (QED) is 0.593. The van der Waals surface area contributed by atoms with Crippen LogP contribution < -0.4 is 0 Å². The zero-order valence-electron chi connectivity index (χ0n) is 7.44. The smallest absolute Gasteiger partial charge is 0.188 e. The van der Waals surface area contributed by atoms with Crippen molar-refractivity contribution in [3.63, 3.8) is 0 Å². The monoisotopic (exact) mass is 194 g/mol. The molecule has 1 nitrogen and oxygen atoms in total. The largest absolute Gasteiger partial charge is 0.302 e. The van der Waals surface area contributed by atoms with Gasteiger partial charge in [-0.3, -0.25) is 0 Å². The molecule has 0 bridgehead atoms. The zero-order chi connectivity index (χ0) is 8.32. The van der Waals surface area contributed by atoms with E-state index < -0.39 is 0 Å². The summed E-state index contributed by atoms with van der Waals surface area (Å²) in [6.07, 6.45) is 7.02. The van der Waals surface area contributed by atoms with Crippen LogP contribution in [0.2, 0.25) is 0 Å². The number of hydrogen-bond donors (Lipinski definition) is 0. The molecular formula is C8H18ClNP+. The Hall–Kier alpha value is 0.680. The zero-order valence-corrected chi connectivity index (χ0v) is 9.19. The van der Waals surface area contributed by atoms with Crippen molar-refractivity contribution in [1.82, 2.24) is 0 Å². The first-order valence-corrected chi connectivity index (χ1v) is 6.34. The minimum absolute atomic E-state index is 0.525. The second kappa shape index (κ2) is 4.07. The van der Waals surface area contributed by atoms with Gasteiger partial charge in [0.15, 0.2) is 8.08 Å². The summed E-state index contributed by atoms with van der Waals surface area (Å²) in [5.41, 5.74) is 0. The fourth-order valence-corrected chi connectivity index (χ4v) is 2.61. The van der Waals surface area contributed by atoms with Crippen molar-refractivity contribution in [2.45, 2.75) is 38.1 Å². The normalized spacial score (nSPS) is 23.2. The topological polar surface area (TPSA) is 0 Å². The van der Waals surface area contributed by atoms with Crippen LogP contribution in [0.25, 0.3) is 0 Å². The van der Waals surface area contributed by atoms with Gasteiger partial charge in [-0.1, -0.05) is 6.42 Å². The van der Waals surface area contributed by atoms with E-state index in [1.165, 1.54) is 32.1 Å². The lowest BCUT2D eigenvalue weighted by Crippen LogP contribution is -2.41. The molecule has 66 valence electrons. The minimum Gasteiger partial charge on any atom is -0.302 e. The Labute approximate surface area is 76.3 Å². The van der Waals surface area contributed by atoms with E-state index >= 15 is 0 Å². The van der Waals surface area contributed by atoms with E-state index in [9.17, 15) is 0 Å². The van der Waals surface area contributed by atoms with Gasteiger partial charge < -0.3 is 4.25 Å². The molecule has 0 spiro atoms. The maximum atomic E-state index is 5.93. The first-order chi connectivity index (χ1) is 5.17. The highest BCUT2D eigenvalue weighted by molar-refractivity contribution is 7.63. The molecule has 0 aliphatic heterocycles. The highest BCUT2D eigenvalue weighted by Crippen LogP contribution is 2.37. The lowest BCUT2D eigenvalue weighted by Gasteiger charge is -2.37. The summed E-state index contributed by atoms with van der Waals surface area (Å²) in [6.45, 7) is 0. The van der Waals surface area contributed by atoms with Crippen LogP contribution in [-0.4, -0.2) is 24.4 Å². The molecule has 3 heteroatoms. The molecule has 1 rings (SSSR count). The van der Waals surface area contributed by atoms with Gasteiger partial charge in [0.25, 0.3) is 0 Å². The average molecular weight is 195 g/mol. The Kier molecular flexibility index (Phi) is 3.61. The van der Waals surface area contributed by atoms with Gasteiger partial charge in [0.05, 0.1) is 20.1 Å². The van der Waals surface area contributed by atoms with Crippen molar-refractivity contribution in [2.75, 3.05) is 14.1 Å². The first kappa shape index (κ1) is 9.77. The number of nitrogens with zero attached hydrogens (tertiary/aromatic N) is 1. The molecule has 1 fully saturated rings. The lowest BCUT2D eigenvalue weighted by atomic mass is 9.95. The third-order valence-electron chi connectivity index (χ3n) is 2.71. The van der Waals surface area contributed by atoms with Crippen molar-refractivity contribution in [2.24, 2.45) is 0 Å². The molecule has 0 amide bonds. The Morgan fingerprint density at radius 2 is 1.73 bits per heavy atom. The molecule has 0 N–H and O–H groups in total. The molecule has 0 saturated heterocycles. The highest BCUT2D eigenvalue weighted by Gasteiger charge is 2.28. The summed E-state index contributed by atoms with van der Waals surface area (Å²) >= 11 is 5.93. The molecular weight excluding hydrogens is 177 g/mol. The van der Waals surface area contributed by atoms with Crippen molar-refractivity contribution in [3.8, 4) is 0 Å². The third kappa shape index (κ3) is 2.57. The Balaban J connectivity index is 2.43. The van der Waals surface area contributed by atoms with Crippen LogP contribution in [0, 0.1) is 0 Å². The van der Waals surface area contributed by atoms with Crippen LogP contribution >= 0.6 is 19.3 Å². The number of halogens is 1. The summed E-state index contributed by atoms with van der Waals surface area (Å²) in [7, 11) is 5.03. The average Bonchev–Trinajstić information content (AvgIpc) is 2.06. The maximum Gasteiger partial charge on any atom is 0.188 e. The third-order valence-corrected chi connectivity index (χ3v) is 4.81. The highest BCUT2D eigenvalue weighted by atomic mass is 35.7. The van der Waals surface area contributed by atoms with E-state index in [1.54, 1.807) is 0 Å². The van der Waals surface area contributed by atoms with Gasteiger partial charge in [0.1, 0.15) is 0 Å². The summed E-state index contributed by atoms with van der Waals surface area (Å²) in [6, 6.07) is 0.833. The van der Waals surface area contributed by atoms with Gasteiger partial charge in [0.2, 0.25) is 0 Å². The van der Waals surface area contributed by atoms with Crippen LogP contribution in [0.15, 0.2) is 0 Å². The SMILES string of the molecule is C[N+](C)(PCl)C1CCCCC1. The predicted molar refractivity (Wildman–Crippen MR) is 53.1 cm³/mol. The van der Waals surface area contributed by atoms with E-state index in [-0.39, 0.29) is 0 Å². The summed E-state index contributed by atoms with van der Waals surface area (Å²) in [5, 5.41) is 0. The molecule has 11 heavy (non-hydrogen) atoms. The van der Waals surface area contributed by atoms with Crippen LogP contribution in [0.4, 0.5) is 0 Å². The van der Waals surface area contributed by atoms with Gasteiger partial charge in [0, 0.05) is 0 Å². The standard InChI is InChI=1S/C8H18ClNP/c1-10(2,11-9)8-6-4-3-5-7-8/h8,11H,3-7H2,1-2H3/q+1. The Morgan fingerprint density at radius 1 is 1.18 bits per heavy atom. The lowest BCUT2D eigenvalue weighted by molar-refractivity contribution is -0.788. The molecule has 1 unspecified atom stereocenters. The molecule has 0 heterocycles. The second-order valence-corrected chi connectivity index (χ2v) is 5.75. The molecule has 0 radical (unpaired) electrons. The van der Waals surface area contributed by atoms with Crippen molar-refractivity contribution in [1.29, 1.82) is 0 Å². The Bertz CT molecular complexity index is 121. The fraction of sp³-hybridized carbons (Fsp3) is 1.00. The van der Waals surface area contributed by atoms with Crippen LogP contribution in [0.1, 0.15) is 32.1 Å². The predicted octanol–water partition coefficient (Wildman–Crippen LogP) is 3.14. The van der Waals surface area contributed by atoms with E-state index in [1.807, 2.05) is 0 Å². The summed E-state index contributed by atoms with van der Waals surface area (Å²) in [4.78, 5) is 0. The van der Waals surface area contributed by atoms with E-state index in [4.69, 9.17) is 11.2 Å². The molecule has 0 aromatic heterocycles. The molecule has 0 aromatic rings. The van der Waals surface area contributed by atoms with Gasteiger partial charge in [-0.25, -0.2) is 0 Å². The molecule has 1 aliphatic rings. The van der Waals surface area contributed by atoms with Crippen molar-refractivity contribution >= 4 is 19.3 Å². The first-order valence-electron chi connectivity index (χ1n) is 4.38. The minimum atomic E-state index is 0.525. The van der Waals surface area contributed by atoms with E-state index in [2.05, 4.69) is 14.1 Å². The maximum absolute atomic E-state index is 5.93. The van der Waals surface area contributed by atoms with Crippen LogP contribution in [0.5, 0.6) is 0 Å². The van der Waals surface area contributed by atoms with Gasteiger partial charge >= 0.3 is 0 Å². The second-order valence-electron chi connectivity index (χ2n) is 3.92. The molecule has 1 saturated carbocycles. The van der Waals surface area contributed by atoms with E-state index in [0.717, 1.165) is 10.3 Å². The molecule has 0 aromatic carbocycles. The number of hydrogen-bond acceptors (Lipinski definition) is 0. The van der Waals surface area contributed by atoms with Crippen molar-refractivity contribution < 1.29 is 4.25 Å². The molecule has 1 atom stereocenters.